The van der Waals surface area contributed by atoms with Crippen LogP contribution in [0.1, 0.15) is 11.1 Å². The molecule has 0 radical (unpaired) electrons. The first-order valence-electron chi connectivity index (χ1n) is 5.65. The van der Waals surface area contributed by atoms with Crippen LogP contribution < -0.4 is 17.0 Å². The zero-order valence-electron chi connectivity index (χ0n) is 10.5. The second-order valence-electron chi connectivity index (χ2n) is 4.43. The molecule has 0 aliphatic carbocycles. The molecule has 1 unspecified atom stereocenters. The van der Waals surface area contributed by atoms with Crippen molar-refractivity contribution in [3.63, 3.8) is 0 Å². The molecule has 1 amide bonds. The molecule has 6 heteroatoms. The smallest absolute Gasteiger partial charge is 0.251 e. The molecule has 0 fully saturated rings. The highest BCUT2D eigenvalue weighted by Crippen LogP contribution is 2.13. The maximum Gasteiger partial charge on any atom is 0.251 e. The van der Waals surface area contributed by atoms with Crippen LogP contribution in [0.15, 0.2) is 29.1 Å². The average Bonchev–Trinajstić information content (AvgIpc) is 2.30. The Bertz CT molecular complexity index is 666. The predicted molar refractivity (Wildman–Crippen MR) is 77.4 cm³/mol. The molecular formula is C13H16ClN3O2. The predicted octanol–water partition coefficient (Wildman–Crippen LogP) is 0.613. The van der Waals surface area contributed by atoms with E-state index < -0.39 is 11.9 Å². The van der Waals surface area contributed by atoms with Crippen LogP contribution in [-0.2, 0) is 11.2 Å². The topological polar surface area (TPSA) is 102 Å². The summed E-state index contributed by atoms with van der Waals surface area (Å²) < 4.78 is 0. The van der Waals surface area contributed by atoms with Crippen LogP contribution in [0.25, 0.3) is 10.9 Å². The summed E-state index contributed by atoms with van der Waals surface area (Å²) in [6.07, 6.45) is 0.147. The summed E-state index contributed by atoms with van der Waals surface area (Å²) in [6, 6.07) is 6.68. The number of nitrogens with two attached hydrogens (primary N) is 2. The summed E-state index contributed by atoms with van der Waals surface area (Å²) in [5, 5.41) is 0.909. The molecule has 1 aromatic heterocycles. The number of aromatic amines is 1. The third-order valence-corrected chi connectivity index (χ3v) is 2.88. The number of primary amides is 1. The van der Waals surface area contributed by atoms with Crippen molar-refractivity contribution in [3.05, 3.63) is 45.7 Å². The Morgan fingerprint density at radius 1 is 1.37 bits per heavy atom. The number of carbonyl (C=O) groups is 1. The highest BCUT2D eigenvalue weighted by Gasteiger charge is 2.13. The first kappa shape index (κ1) is 15.2. The maximum absolute atomic E-state index is 11.8. The number of carbonyl (C=O) groups excluding carboxylic acids is 1. The number of halogens is 1. The zero-order valence-corrected chi connectivity index (χ0v) is 11.3. The van der Waals surface area contributed by atoms with Crippen molar-refractivity contribution in [1.29, 1.82) is 0 Å². The maximum atomic E-state index is 11.8. The van der Waals surface area contributed by atoms with Crippen molar-refractivity contribution >= 4 is 29.2 Å². The van der Waals surface area contributed by atoms with E-state index in [1.54, 1.807) is 6.07 Å². The molecule has 2 rings (SSSR count). The van der Waals surface area contributed by atoms with Gasteiger partial charge in [0.2, 0.25) is 5.91 Å². The Balaban J connectivity index is 0.00000180. The third-order valence-electron chi connectivity index (χ3n) is 2.88. The van der Waals surface area contributed by atoms with Gasteiger partial charge < -0.3 is 16.5 Å². The van der Waals surface area contributed by atoms with Gasteiger partial charge in [-0.2, -0.15) is 0 Å². The monoisotopic (exact) mass is 281 g/mol. The number of benzene rings is 1. The second-order valence-corrected chi connectivity index (χ2v) is 4.43. The normalized spacial score (nSPS) is 11.9. The molecule has 0 aliphatic heterocycles. The minimum absolute atomic E-state index is 0. The zero-order chi connectivity index (χ0) is 13.3. The van der Waals surface area contributed by atoms with Gasteiger partial charge >= 0.3 is 0 Å². The highest BCUT2D eigenvalue weighted by molar-refractivity contribution is 5.85. The summed E-state index contributed by atoms with van der Waals surface area (Å²) in [4.78, 5) is 25.5. The molecule has 0 saturated heterocycles. The molecule has 1 heterocycles. The van der Waals surface area contributed by atoms with Crippen LogP contribution in [0.4, 0.5) is 0 Å². The summed E-state index contributed by atoms with van der Waals surface area (Å²) in [5.74, 6) is -0.613. The molecular weight excluding hydrogens is 266 g/mol. The summed E-state index contributed by atoms with van der Waals surface area (Å²) in [7, 11) is 0. The van der Waals surface area contributed by atoms with Gasteiger partial charge in [0, 0.05) is 17.5 Å². The van der Waals surface area contributed by atoms with E-state index in [9.17, 15) is 9.59 Å². The van der Waals surface area contributed by atoms with Crippen molar-refractivity contribution in [2.24, 2.45) is 11.5 Å². The van der Waals surface area contributed by atoms with Crippen LogP contribution in [0.3, 0.4) is 0 Å². The molecule has 0 saturated carbocycles. The molecule has 0 spiro atoms. The van der Waals surface area contributed by atoms with E-state index in [-0.39, 0.29) is 24.4 Å². The number of hydrogen-bond donors (Lipinski definition) is 3. The van der Waals surface area contributed by atoms with Gasteiger partial charge in [-0.1, -0.05) is 12.1 Å². The van der Waals surface area contributed by atoms with E-state index in [4.69, 9.17) is 11.5 Å². The molecule has 0 aliphatic rings. The van der Waals surface area contributed by atoms with Crippen molar-refractivity contribution in [3.8, 4) is 0 Å². The number of fused-ring (bicyclic) bond motifs is 1. The number of amides is 1. The van der Waals surface area contributed by atoms with Crippen LogP contribution >= 0.6 is 12.4 Å². The van der Waals surface area contributed by atoms with Crippen molar-refractivity contribution in [2.45, 2.75) is 19.4 Å². The number of pyridine rings is 1. The average molecular weight is 282 g/mol. The van der Waals surface area contributed by atoms with Crippen LogP contribution in [0.5, 0.6) is 0 Å². The van der Waals surface area contributed by atoms with E-state index >= 15 is 0 Å². The molecule has 2 aromatic rings. The molecule has 1 atom stereocenters. The van der Waals surface area contributed by atoms with Crippen molar-refractivity contribution < 1.29 is 4.79 Å². The number of aromatic nitrogens is 1. The van der Waals surface area contributed by atoms with E-state index in [0.29, 0.717) is 5.56 Å². The van der Waals surface area contributed by atoms with Gasteiger partial charge in [-0.05, 0) is 30.0 Å². The number of rotatable bonds is 3. The number of hydrogen-bond acceptors (Lipinski definition) is 3. The molecule has 5 N–H and O–H groups in total. The lowest BCUT2D eigenvalue weighted by Gasteiger charge is -2.08. The second kappa shape index (κ2) is 5.86. The van der Waals surface area contributed by atoms with E-state index in [2.05, 4.69) is 4.98 Å². The van der Waals surface area contributed by atoms with Crippen LogP contribution in [0.2, 0.25) is 0 Å². The molecule has 19 heavy (non-hydrogen) atoms. The summed E-state index contributed by atoms with van der Waals surface area (Å²) in [5.41, 5.74) is 12.7. The SMILES string of the molecule is Cc1ccc2cc(CC(N)C(N)=O)c(=O)[nH]c2c1.Cl. The van der Waals surface area contributed by atoms with Gasteiger partial charge in [-0.15, -0.1) is 12.4 Å². The van der Waals surface area contributed by atoms with Gasteiger partial charge in [0.15, 0.2) is 0 Å². The van der Waals surface area contributed by atoms with E-state index in [0.717, 1.165) is 16.5 Å². The van der Waals surface area contributed by atoms with Crippen molar-refractivity contribution in [1.82, 2.24) is 4.98 Å². The van der Waals surface area contributed by atoms with Gasteiger partial charge in [-0.3, -0.25) is 9.59 Å². The minimum Gasteiger partial charge on any atom is -0.368 e. The Kier molecular flexibility index (Phi) is 4.69. The number of nitrogens with one attached hydrogen (secondary N) is 1. The molecule has 102 valence electrons. The van der Waals surface area contributed by atoms with Crippen LogP contribution in [-0.4, -0.2) is 16.9 Å². The molecule has 0 bridgehead atoms. The third kappa shape index (κ3) is 3.33. The minimum atomic E-state index is -0.839. The van der Waals surface area contributed by atoms with E-state index in [1.807, 2.05) is 25.1 Å². The fraction of sp³-hybridized carbons (Fsp3) is 0.231. The van der Waals surface area contributed by atoms with Crippen LogP contribution in [0, 0.1) is 6.92 Å². The fourth-order valence-electron chi connectivity index (χ4n) is 1.85. The van der Waals surface area contributed by atoms with E-state index in [1.165, 1.54) is 0 Å². The largest absolute Gasteiger partial charge is 0.368 e. The van der Waals surface area contributed by atoms with Gasteiger partial charge in [-0.25, -0.2) is 0 Å². The van der Waals surface area contributed by atoms with Crippen molar-refractivity contribution in [2.75, 3.05) is 0 Å². The summed E-state index contributed by atoms with van der Waals surface area (Å²) in [6.45, 7) is 1.95. The lowest BCUT2D eigenvalue weighted by molar-refractivity contribution is -0.119. The Hall–Kier alpha value is -1.85. The lowest BCUT2D eigenvalue weighted by atomic mass is 10.0. The highest BCUT2D eigenvalue weighted by atomic mass is 35.5. The fourth-order valence-corrected chi connectivity index (χ4v) is 1.85. The molecule has 1 aromatic carbocycles. The van der Waals surface area contributed by atoms with Gasteiger partial charge in [0.25, 0.3) is 5.56 Å². The van der Waals surface area contributed by atoms with Gasteiger partial charge in [0.05, 0.1) is 6.04 Å². The Labute approximate surface area is 116 Å². The lowest BCUT2D eigenvalue weighted by Crippen LogP contribution is -2.39. The quantitative estimate of drug-likeness (QED) is 0.768. The van der Waals surface area contributed by atoms with Gasteiger partial charge in [0.1, 0.15) is 0 Å². The number of aryl methyl sites for hydroxylation is 1. The summed E-state index contributed by atoms with van der Waals surface area (Å²) >= 11 is 0. The number of H-pyrrole nitrogens is 1. The first-order chi connectivity index (χ1) is 8.47. The molecule has 5 nitrogen and oxygen atoms in total. The standard InChI is InChI=1S/C13H15N3O2.ClH/c1-7-2-3-8-5-9(6-10(14)12(15)17)13(18)16-11(8)4-7;/h2-5,10H,6,14H2,1H3,(H2,15,17)(H,16,18);1H. The Morgan fingerprint density at radius 2 is 2.05 bits per heavy atom. The Morgan fingerprint density at radius 3 is 2.68 bits per heavy atom. The first-order valence-corrected chi connectivity index (χ1v) is 5.65.